The quantitative estimate of drug-likeness (QED) is 0.540. The summed E-state index contributed by atoms with van der Waals surface area (Å²) in [6, 6.07) is 0.393. The molecule has 8 nitrogen and oxygen atoms in total. The highest BCUT2D eigenvalue weighted by atomic mass is 19.3. The molecule has 0 aliphatic carbocycles. The average Bonchev–Trinajstić information content (AvgIpc) is 3.06. The summed E-state index contributed by atoms with van der Waals surface area (Å²) in [5, 5.41) is 13.1. The largest absolute Gasteiger partial charge is 0.484 e. The number of aromatic nitrogens is 2. The van der Waals surface area contributed by atoms with Crippen LogP contribution in [0.25, 0.3) is 11.0 Å². The molecule has 0 spiro atoms. The summed E-state index contributed by atoms with van der Waals surface area (Å²) in [5.41, 5.74) is -0.586. The smallest absolute Gasteiger partial charge is 0.297 e. The first kappa shape index (κ1) is 25.0. The van der Waals surface area contributed by atoms with E-state index in [1.165, 1.54) is 18.5 Å². The molecule has 2 N–H and O–H groups in total. The van der Waals surface area contributed by atoms with Crippen molar-refractivity contribution >= 4 is 16.9 Å². The van der Waals surface area contributed by atoms with Crippen LogP contribution in [-0.4, -0.2) is 64.6 Å². The second-order valence-corrected chi connectivity index (χ2v) is 8.12. The van der Waals surface area contributed by atoms with Crippen molar-refractivity contribution < 1.29 is 41.7 Å². The summed E-state index contributed by atoms with van der Waals surface area (Å²) in [6.07, 6.45) is -3.24. The first-order valence-corrected chi connectivity index (χ1v) is 10.6. The molecule has 0 bridgehead atoms. The van der Waals surface area contributed by atoms with Gasteiger partial charge in [0, 0.05) is 26.1 Å². The molecule has 1 amide bonds. The summed E-state index contributed by atoms with van der Waals surface area (Å²) >= 11 is 0. The van der Waals surface area contributed by atoms with E-state index in [1.54, 1.807) is 6.92 Å². The SMILES string of the molecule is CC(=O)N[C@@H](C)CC(O)[C@@H]1CC[C@@H](Oc2nc3c(F)cc(OCC(F)F)c(F)c3n2C)CO1. The lowest BCUT2D eigenvalue weighted by molar-refractivity contribution is -0.120. The van der Waals surface area contributed by atoms with Gasteiger partial charge in [0.05, 0.1) is 18.8 Å². The van der Waals surface area contributed by atoms with E-state index in [-0.39, 0.29) is 35.6 Å². The number of fused-ring (bicyclic) bond motifs is 1. The minimum absolute atomic E-state index is 0.0688. The predicted molar refractivity (Wildman–Crippen MR) is 109 cm³/mol. The van der Waals surface area contributed by atoms with E-state index < -0.39 is 48.7 Å². The molecule has 1 aliphatic heterocycles. The van der Waals surface area contributed by atoms with Crippen LogP contribution in [0.3, 0.4) is 0 Å². The number of carbonyl (C=O) groups excluding carboxylic acids is 1. The number of imidazole rings is 1. The van der Waals surface area contributed by atoms with Gasteiger partial charge in [0.1, 0.15) is 23.7 Å². The van der Waals surface area contributed by atoms with Gasteiger partial charge >= 0.3 is 0 Å². The van der Waals surface area contributed by atoms with Crippen LogP contribution >= 0.6 is 0 Å². The van der Waals surface area contributed by atoms with Gasteiger partial charge in [-0.25, -0.2) is 17.6 Å². The Morgan fingerprint density at radius 3 is 2.73 bits per heavy atom. The number of halogens is 4. The highest BCUT2D eigenvalue weighted by molar-refractivity contribution is 5.80. The fraction of sp³-hybridized carbons (Fsp3) is 0.619. The van der Waals surface area contributed by atoms with Gasteiger partial charge in [-0.05, 0) is 26.2 Å². The molecule has 12 heteroatoms. The molecule has 4 atom stereocenters. The maximum Gasteiger partial charge on any atom is 0.297 e. The number of hydrogen-bond donors (Lipinski definition) is 2. The average molecular weight is 477 g/mol. The monoisotopic (exact) mass is 477 g/mol. The number of nitrogens with one attached hydrogen (secondary N) is 1. The third kappa shape index (κ3) is 6.05. The number of benzene rings is 1. The zero-order chi connectivity index (χ0) is 24.3. The molecule has 0 saturated carbocycles. The molecule has 1 unspecified atom stereocenters. The molecule has 0 radical (unpaired) electrons. The maximum absolute atomic E-state index is 14.7. The molecule has 2 heterocycles. The fourth-order valence-corrected chi connectivity index (χ4v) is 3.84. The van der Waals surface area contributed by atoms with Gasteiger partial charge in [0.2, 0.25) is 5.91 Å². The number of aliphatic hydroxyl groups excluding tert-OH is 1. The van der Waals surface area contributed by atoms with Crippen LogP contribution in [0.15, 0.2) is 6.07 Å². The van der Waals surface area contributed by atoms with Crippen molar-refractivity contribution in [1.29, 1.82) is 0 Å². The second-order valence-electron chi connectivity index (χ2n) is 8.12. The van der Waals surface area contributed by atoms with Crippen LogP contribution in [-0.2, 0) is 16.6 Å². The van der Waals surface area contributed by atoms with Crippen LogP contribution < -0.4 is 14.8 Å². The van der Waals surface area contributed by atoms with E-state index in [1.807, 2.05) is 0 Å². The molecular weight excluding hydrogens is 450 g/mol. The van der Waals surface area contributed by atoms with Gasteiger partial charge in [-0.15, -0.1) is 0 Å². The molecule has 1 fully saturated rings. The highest BCUT2D eigenvalue weighted by Crippen LogP contribution is 2.32. The van der Waals surface area contributed by atoms with Crippen LogP contribution in [0.2, 0.25) is 0 Å². The number of carbonyl (C=O) groups is 1. The Kier molecular flexibility index (Phi) is 8.01. The van der Waals surface area contributed by atoms with E-state index in [2.05, 4.69) is 15.0 Å². The van der Waals surface area contributed by atoms with E-state index >= 15 is 0 Å². The molecule has 1 saturated heterocycles. The Balaban J connectivity index is 1.65. The third-order valence-electron chi connectivity index (χ3n) is 5.34. The Morgan fingerprint density at radius 2 is 2.12 bits per heavy atom. The summed E-state index contributed by atoms with van der Waals surface area (Å²) < 4.78 is 71.2. The third-order valence-corrected chi connectivity index (χ3v) is 5.34. The number of alkyl halides is 2. The van der Waals surface area contributed by atoms with E-state index in [4.69, 9.17) is 9.47 Å². The van der Waals surface area contributed by atoms with Crippen LogP contribution in [0.4, 0.5) is 17.6 Å². The molecule has 184 valence electrons. The highest BCUT2D eigenvalue weighted by Gasteiger charge is 2.31. The number of rotatable bonds is 9. The first-order valence-electron chi connectivity index (χ1n) is 10.6. The molecule has 2 aromatic rings. The van der Waals surface area contributed by atoms with Gasteiger partial charge < -0.3 is 24.6 Å². The normalized spacial score (nSPS) is 20.6. The molecule has 1 aromatic heterocycles. The van der Waals surface area contributed by atoms with Crippen molar-refractivity contribution in [3.05, 3.63) is 17.7 Å². The summed E-state index contributed by atoms with van der Waals surface area (Å²) in [7, 11) is 1.41. The van der Waals surface area contributed by atoms with Crippen molar-refractivity contribution in [2.75, 3.05) is 13.2 Å². The zero-order valence-electron chi connectivity index (χ0n) is 18.5. The van der Waals surface area contributed by atoms with Crippen molar-refractivity contribution in [3.63, 3.8) is 0 Å². The van der Waals surface area contributed by atoms with E-state index in [0.717, 1.165) is 0 Å². The van der Waals surface area contributed by atoms with Crippen LogP contribution in [0.5, 0.6) is 11.8 Å². The van der Waals surface area contributed by atoms with Crippen molar-refractivity contribution in [1.82, 2.24) is 14.9 Å². The molecule has 3 rings (SSSR count). The Labute approximate surface area is 187 Å². The van der Waals surface area contributed by atoms with Gasteiger partial charge in [0.25, 0.3) is 12.4 Å². The lowest BCUT2D eigenvalue weighted by Crippen LogP contribution is -2.43. The number of aryl methyl sites for hydroxylation is 1. The minimum Gasteiger partial charge on any atom is -0.484 e. The Bertz CT molecular complexity index is 979. The predicted octanol–water partition coefficient (Wildman–Crippen LogP) is 2.70. The summed E-state index contributed by atoms with van der Waals surface area (Å²) in [4.78, 5) is 15.1. The number of aliphatic hydroxyl groups is 1. The van der Waals surface area contributed by atoms with Gasteiger partial charge in [0.15, 0.2) is 17.4 Å². The van der Waals surface area contributed by atoms with Crippen molar-refractivity contribution in [2.45, 2.75) is 63.9 Å². The Hall–Kier alpha value is -2.60. The molecule has 33 heavy (non-hydrogen) atoms. The van der Waals surface area contributed by atoms with Crippen LogP contribution in [0, 0.1) is 11.6 Å². The molecule has 1 aliphatic rings. The van der Waals surface area contributed by atoms with E-state index in [9.17, 15) is 27.5 Å². The fourth-order valence-electron chi connectivity index (χ4n) is 3.84. The number of amides is 1. The summed E-state index contributed by atoms with van der Waals surface area (Å²) in [6.45, 7) is 2.23. The molecule has 1 aromatic carbocycles. The van der Waals surface area contributed by atoms with Crippen LogP contribution in [0.1, 0.15) is 33.1 Å². The number of nitrogens with zero attached hydrogens (tertiary/aromatic N) is 2. The number of ether oxygens (including phenoxy) is 3. The van der Waals surface area contributed by atoms with Gasteiger partial charge in [-0.2, -0.15) is 4.98 Å². The first-order chi connectivity index (χ1) is 15.6. The second kappa shape index (κ2) is 10.6. The van der Waals surface area contributed by atoms with Gasteiger partial charge in [-0.1, -0.05) is 0 Å². The zero-order valence-corrected chi connectivity index (χ0v) is 18.5. The minimum atomic E-state index is -2.84. The van der Waals surface area contributed by atoms with Gasteiger partial charge in [-0.3, -0.25) is 9.36 Å². The number of hydrogen-bond acceptors (Lipinski definition) is 6. The van der Waals surface area contributed by atoms with E-state index in [0.29, 0.717) is 25.3 Å². The maximum atomic E-state index is 14.7. The standard InChI is InChI=1S/C21H27F4N3O5/c1-10(26-11(2)29)6-14(30)15-5-4-12(8-31-15)33-21-27-19-13(22)7-16(32-9-17(23)24)18(25)20(19)28(21)3/h7,10,12,14-15,17,30H,4-6,8-9H2,1-3H3,(H,26,29)/t10-,12+,14?,15-/m0/s1. The van der Waals surface area contributed by atoms with Crippen molar-refractivity contribution in [3.8, 4) is 11.8 Å². The topological polar surface area (TPSA) is 94.8 Å². The van der Waals surface area contributed by atoms with Crippen molar-refractivity contribution in [2.24, 2.45) is 7.05 Å². The lowest BCUT2D eigenvalue weighted by Gasteiger charge is -2.32. The lowest BCUT2D eigenvalue weighted by atomic mass is 9.98. The summed E-state index contributed by atoms with van der Waals surface area (Å²) in [5.74, 6) is -2.78. The molecular formula is C21H27F4N3O5. The Morgan fingerprint density at radius 1 is 1.39 bits per heavy atom.